The topological polar surface area (TPSA) is 66.4 Å². The van der Waals surface area contributed by atoms with E-state index < -0.39 is 17.3 Å². The van der Waals surface area contributed by atoms with Crippen molar-refractivity contribution in [2.75, 3.05) is 5.32 Å². The summed E-state index contributed by atoms with van der Waals surface area (Å²) in [5, 5.41) is 12.0. The van der Waals surface area contributed by atoms with Crippen molar-refractivity contribution in [1.29, 1.82) is 0 Å². The van der Waals surface area contributed by atoms with E-state index in [4.69, 9.17) is 5.11 Å². The van der Waals surface area contributed by atoms with Crippen molar-refractivity contribution in [2.24, 2.45) is 5.92 Å². The normalized spacial score (nSPS) is 28.4. The summed E-state index contributed by atoms with van der Waals surface area (Å²) >= 11 is 0. The van der Waals surface area contributed by atoms with Crippen molar-refractivity contribution in [3.63, 3.8) is 0 Å². The predicted molar refractivity (Wildman–Crippen MR) is 66.6 cm³/mol. The number of rotatable bonds is 2. The van der Waals surface area contributed by atoms with E-state index in [1.165, 1.54) is 0 Å². The molecule has 1 heterocycles. The van der Waals surface area contributed by atoms with Gasteiger partial charge in [-0.15, -0.1) is 0 Å². The molecule has 2 N–H and O–H groups in total. The fourth-order valence-electron chi connectivity index (χ4n) is 3.02. The van der Waals surface area contributed by atoms with Crippen molar-refractivity contribution in [3.8, 4) is 0 Å². The molecule has 0 saturated heterocycles. The second kappa shape index (κ2) is 3.34. The van der Waals surface area contributed by atoms with Crippen LogP contribution in [0.5, 0.6) is 0 Å². The Morgan fingerprint density at radius 1 is 1.50 bits per heavy atom. The van der Waals surface area contributed by atoms with Crippen LogP contribution in [-0.4, -0.2) is 17.0 Å². The van der Waals surface area contributed by atoms with Crippen molar-refractivity contribution < 1.29 is 14.7 Å². The first-order chi connectivity index (χ1) is 8.48. The highest BCUT2D eigenvalue weighted by Crippen LogP contribution is 2.60. The minimum Gasteiger partial charge on any atom is -0.481 e. The molecule has 3 rings (SSSR count). The number of anilines is 1. The molecular weight excluding hydrogens is 230 g/mol. The molecule has 4 heteroatoms. The molecule has 0 bridgehead atoms. The van der Waals surface area contributed by atoms with Gasteiger partial charge in [0.05, 0.1) is 11.3 Å². The van der Waals surface area contributed by atoms with Crippen LogP contribution in [0.3, 0.4) is 0 Å². The summed E-state index contributed by atoms with van der Waals surface area (Å²) < 4.78 is 0. The molecule has 2 atom stereocenters. The SMILES string of the molecule is CC(C)c1cccc2c1NC(=O)C21CC1C(=O)O. The molecule has 4 nitrogen and oxygen atoms in total. The Labute approximate surface area is 105 Å². The quantitative estimate of drug-likeness (QED) is 0.838. The van der Waals surface area contributed by atoms with Crippen LogP contribution in [-0.2, 0) is 15.0 Å². The number of aliphatic carboxylic acids is 1. The minimum atomic E-state index is -0.882. The van der Waals surface area contributed by atoms with E-state index >= 15 is 0 Å². The highest BCUT2D eigenvalue weighted by Gasteiger charge is 2.68. The third-order valence-electron chi connectivity index (χ3n) is 4.10. The van der Waals surface area contributed by atoms with Gasteiger partial charge in [-0.05, 0) is 23.5 Å². The van der Waals surface area contributed by atoms with E-state index in [2.05, 4.69) is 19.2 Å². The average Bonchev–Trinajstić information content (AvgIpc) is 2.98. The summed E-state index contributed by atoms with van der Waals surface area (Å²) in [4.78, 5) is 23.2. The zero-order valence-electron chi connectivity index (χ0n) is 10.4. The molecule has 94 valence electrons. The monoisotopic (exact) mass is 245 g/mol. The highest BCUT2D eigenvalue weighted by molar-refractivity contribution is 6.12. The summed E-state index contributed by atoms with van der Waals surface area (Å²) in [7, 11) is 0. The van der Waals surface area contributed by atoms with E-state index in [1.807, 2.05) is 18.2 Å². The van der Waals surface area contributed by atoms with Gasteiger partial charge in [0.25, 0.3) is 0 Å². The lowest BCUT2D eigenvalue weighted by Crippen LogP contribution is -2.24. The molecule has 2 unspecified atom stereocenters. The summed E-state index contributed by atoms with van der Waals surface area (Å²) in [6.07, 6.45) is 0.419. The highest BCUT2D eigenvalue weighted by atomic mass is 16.4. The Bertz CT molecular complexity index is 564. The van der Waals surface area contributed by atoms with Crippen molar-refractivity contribution in [2.45, 2.75) is 31.6 Å². The Hall–Kier alpha value is -1.84. The smallest absolute Gasteiger partial charge is 0.307 e. The van der Waals surface area contributed by atoms with Crippen molar-refractivity contribution in [1.82, 2.24) is 0 Å². The molecule has 0 aromatic heterocycles. The Morgan fingerprint density at radius 2 is 2.22 bits per heavy atom. The number of hydrogen-bond donors (Lipinski definition) is 2. The number of para-hydroxylation sites is 1. The average molecular weight is 245 g/mol. The lowest BCUT2D eigenvalue weighted by atomic mass is 9.91. The Morgan fingerprint density at radius 3 is 2.78 bits per heavy atom. The molecule has 0 radical (unpaired) electrons. The Balaban J connectivity index is 2.14. The van der Waals surface area contributed by atoms with Crippen LogP contribution in [0.2, 0.25) is 0 Å². The number of carboxylic acid groups (broad SMARTS) is 1. The number of amides is 1. The summed E-state index contributed by atoms with van der Waals surface area (Å²) in [5.74, 6) is -1.30. The first kappa shape index (κ1) is 11.3. The van der Waals surface area contributed by atoms with E-state index in [0.29, 0.717) is 12.3 Å². The van der Waals surface area contributed by atoms with E-state index in [0.717, 1.165) is 16.8 Å². The van der Waals surface area contributed by atoms with Gasteiger partial charge in [-0.3, -0.25) is 9.59 Å². The predicted octanol–water partition coefficient (Wildman–Crippen LogP) is 2.10. The Kier molecular flexibility index (Phi) is 2.09. The number of hydrogen-bond acceptors (Lipinski definition) is 2. The summed E-state index contributed by atoms with van der Waals surface area (Å²) in [6.45, 7) is 4.13. The molecule has 1 aliphatic heterocycles. The van der Waals surface area contributed by atoms with Crippen molar-refractivity contribution >= 4 is 17.6 Å². The van der Waals surface area contributed by atoms with Gasteiger partial charge in [-0.2, -0.15) is 0 Å². The molecule has 2 aliphatic rings. The zero-order valence-corrected chi connectivity index (χ0v) is 10.4. The molecule has 1 fully saturated rings. The van der Waals surface area contributed by atoms with Gasteiger partial charge in [-0.25, -0.2) is 0 Å². The van der Waals surface area contributed by atoms with E-state index in [1.54, 1.807) is 0 Å². The lowest BCUT2D eigenvalue weighted by Gasteiger charge is -2.11. The molecule has 1 aromatic rings. The van der Waals surface area contributed by atoms with Gasteiger partial charge in [0.1, 0.15) is 0 Å². The third kappa shape index (κ3) is 1.20. The molecule has 1 aromatic carbocycles. The molecule has 1 saturated carbocycles. The van der Waals surface area contributed by atoms with Crippen LogP contribution < -0.4 is 5.32 Å². The minimum absolute atomic E-state index is 0.155. The lowest BCUT2D eigenvalue weighted by molar-refractivity contribution is -0.140. The number of carboxylic acids is 1. The standard InChI is InChI=1S/C14H15NO3/c1-7(2)8-4-3-5-9-11(8)15-13(18)14(9)6-10(14)12(16)17/h3-5,7,10H,6H2,1-2H3,(H,15,18)(H,16,17). The van der Waals surface area contributed by atoms with Gasteiger partial charge in [0.2, 0.25) is 5.91 Å². The van der Waals surface area contributed by atoms with Crippen LogP contribution in [0.25, 0.3) is 0 Å². The largest absolute Gasteiger partial charge is 0.481 e. The number of carbonyl (C=O) groups is 2. The van der Waals surface area contributed by atoms with Gasteiger partial charge < -0.3 is 10.4 Å². The van der Waals surface area contributed by atoms with Gasteiger partial charge in [-0.1, -0.05) is 32.0 Å². The maximum Gasteiger partial charge on any atom is 0.307 e. The number of nitrogens with one attached hydrogen (secondary N) is 1. The van der Waals surface area contributed by atoms with Crippen LogP contribution in [0.1, 0.15) is 37.3 Å². The molecule has 1 aliphatic carbocycles. The first-order valence-corrected chi connectivity index (χ1v) is 6.16. The maximum absolute atomic E-state index is 12.1. The molecule has 18 heavy (non-hydrogen) atoms. The van der Waals surface area contributed by atoms with Crippen LogP contribution in [0.4, 0.5) is 5.69 Å². The van der Waals surface area contributed by atoms with Gasteiger partial charge in [0, 0.05) is 5.69 Å². The third-order valence-corrected chi connectivity index (χ3v) is 4.10. The molecule has 1 spiro atoms. The molecule has 1 amide bonds. The van der Waals surface area contributed by atoms with Crippen LogP contribution >= 0.6 is 0 Å². The fraction of sp³-hybridized carbons (Fsp3) is 0.429. The van der Waals surface area contributed by atoms with Crippen LogP contribution in [0.15, 0.2) is 18.2 Å². The number of fused-ring (bicyclic) bond motifs is 2. The van der Waals surface area contributed by atoms with Gasteiger partial charge >= 0.3 is 5.97 Å². The van der Waals surface area contributed by atoms with E-state index in [9.17, 15) is 9.59 Å². The second-order valence-corrected chi connectivity index (χ2v) is 5.44. The molecular formula is C14H15NO3. The first-order valence-electron chi connectivity index (χ1n) is 6.16. The van der Waals surface area contributed by atoms with Crippen LogP contribution in [0, 0.1) is 5.92 Å². The van der Waals surface area contributed by atoms with Gasteiger partial charge in [0.15, 0.2) is 0 Å². The fourth-order valence-corrected chi connectivity index (χ4v) is 3.02. The van der Waals surface area contributed by atoms with E-state index in [-0.39, 0.29) is 5.91 Å². The van der Waals surface area contributed by atoms with Crippen molar-refractivity contribution in [3.05, 3.63) is 29.3 Å². The summed E-state index contributed by atoms with van der Waals surface area (Å²) in [6, 6.07) is 5.77. The summed E-state index contributed by atoms with van der Waals surface area (Å²) in [5.41, 5.74) is 1.98. The number of benzene rings is 1. The maximum atomic E-state index is 12.1. The zero-order chi connectivity index (χ0) is 13.1. The second-order valence-electron chi connectivity index (χ2n) is 5.44. The number of carbonyl (C=O) groups excluding carboxylic acids is 1.